The number of nitrogens with two attached hydrogens (primary N) is 1. The van der Waals surface area contributed by atoms with E-state index in [0.29, 0.717) is 12.0 Å². The Morgan fingerprint density at radius 1 is 1.00 bits per heavy atom. The van der Waals surface area contributed by atoms with Crippen molar-refractivity contribution in [3.8, 4) is 0 Å². The topological polar surface area (TPSA) is 43.1 Å². The van der Waals surface area contributed by atoms with Crippen molar-refractivity contribution >= 4 is 5.78 Å². The van der Waals surface area contributed by atoms with E-state index in [1.807, 2.05) is 60.7 Å². The highest BCUT2D eigenvalue weighted by atomic mass is 16.1. The van der Waals surface area contributed by atoms with E-state index in [0.717, 1.165) is 11.1 Å². The Hall–Kier alpha value is -2.35. The van der Waals surface area contributed by atoms with Crippen LogP contribution in [0.4, 0.5) is 0 Å². The predicted molar refractivity (Wildman–Crippen MR) is 73.3 cm³/mol. The molecule has 0 heterocycles. The Bertz CT molecular complexity index is 558. The van der Waals surface area contributed by atoms with E-state index < -0.39 is 0 Å². The highest BCUT2D eigenvalue weighted by Gasteiger charge is 2.11. The molecular weight excluding hydrogens is 222 g/mol. The van der Waals surface area contributed by atoms with Crippen molar-refractivity contribution in [1.82, 2.24) is 0 Å². The summed E-state index contributed by atoms with van der Waals surface area (Å²) in [6.45, 7) is 0. The van der Waals surface area contributed by atoms with Crippen LogP contribution in [0.5, 0.6) is 0 Å². The van der Waals surface area contributed by atoms with E-state index in [1.165, 1.54) is 6.20 Å². The van der Waals surface area contributed by atoms with Gasteiger partial charge in [0.1, 0.15) is 0 Å². The van der Waals surface area contributed by atoms with Crippen molar-refractivity contribution < 1.29 is 4.79 Å². The fraction of sp³-hybridized carbons (Fsp3) is 0.0625. The highest BCUT2D eigenvalue weighted by molar-refractivity contribution is 6.09. The van der Waals surface area contributed by atoms with E-state index in [9.17, 15) is 4.79 Å². The normalized spacial score (nSPS) is 10.7. The predicted octanol–water partition coefficient (Wildman–Crippen LogP) is 2.93. The Kier molecular flexibility index (Phi) is 3.92. The van der Waals surface area contributed by atoms with Gasteiger partial charge in [0.25, 0.3) is 0 Å². The zero-order valence-corrected chi connectivity index (χ0v) is 10.0. The smallest absolute Gasteiger partial charge is 0.193 e. The maximum Gasteiger partial charge on any atom is 0.193 e. The lowest BCUT2D eigenvalue weighted by Gasteiger charge is -2.06. The van der Waals surface area contributed by atoms with Crippen LogP contribution in [0.25, 0.3) is 0 Å². The summed E-state index contributed by atoms with van der Waals surface area (Å²) in [7, 11) is 0. The summed E-state index contributed by atoms with van der Waals surface area (Å²) in [5, 5.41) is 0. The molecule has 18 heavy (non-hydrogen) atoms. The lowest BCUT2D eigenvalue weighted by molar-refractivity contribution is 0.103. The van der Waals surface area contributed by atoms with Gasteiger partial charge in [-0.25, -0.2) is 0 Å². The number of rotatable bonds is 4. The molecule has 2 heteroatoms. The second-order valence-corrected chi connectivity index (χ2v) is 3.98. The Labute approximate surface area is 107 Å². The summed E-state index contributed by atoms with van der Waals surface area (Å²) >= 11 is 0. The van der Waals surface area contributed by atoms with Crippen LogP contribution in [-0.4, -0.2) is 5.78 Å². The van der Waals surface area contributed by atoms with Gasteiger partial charge in [-0.2, -0.15) is 0 Å². The summed E-state index contributed by atoms with van der Waals surface area (Å²) in [6, 6.07) is 16.9. The van der Waals surface area contributed by atoms with E-state index in [-0.39, 0.29) is 5.78 Å². The molecule has 0 fully saturated rings. The lowest BCUT2D eigenvalue weighted by Crippen LogP contribution is -2.04. The molecule has 0 atom stereocenters. The summed E-state index contributed by atoms with van der Waals surface area (Å²) < 4.78 is 0. The molecule has 0 bridgehead atoms. The van der Waals surface area contributed by atoms with Crippen LogP contribution in [0.1, 0.15) is 21.5 Å². The fourth-order valence-electron chi connectivity index (χ4n) is 1.86. The number of ketones is 1. The second kappa shape index (κ2) is 5.82. The maximum absolute atomic E-state index is 12.4. The van der Waals surface area contributed by atoms with Crippen LogP contribution in [0.15, 0.2) is 66.9 Å². The molecule has 2 rings (SSSR count). The van der Waals surface area contributed by atoms with Gasteiger partial charge in [-0.05, 0) is 18.2 Å². The molecule has 0 aliphatic heterocycles. The van der Waals surface area contributed by atoms with Crippen LogP contribution in [0, 0.1) is 0 Å². The molecule has 2 N–H and O–H groups in total. The van der Waals surface area contributed by atoms with Crippen LogP contribution in [0.2, 0.25) is 0 Å². The van der Waals surface area contributed by atoms with E-state index in [4.69, 9.17) is 5.73 Å². The molecule has 2 nitrogen and oxygen atoms in total. The molecule has 0 unspecified atom stereocenters. The quantitative estimate of drug-likeness (QED) is 0.831. The first-order valence-electron chi connectivity index (χ1n) is 5.87. The molecule has 0 spiro atoms. The second-order valence-electron chi connectivity index (χ2n) is 3.98. The van der Waals surface area contributed by atoms with Crippen molar-refractivity contribution in [2.24, 2.45) is 5.73 Å². The van der Waals surface area contributed by atoms with Gasteiger partial charge in [0.05, 0.1) is 0 Å². The number of allylic oxidation sites excluding steroid dienone is 1. The van der Waals surface area contributed by atoms with Gasteiger partial charge in [-0.3, -0.25) is 4.79 Å². The largest absolute Gasteiger partial charge is 0.405 e. The molecule has 2 aromatic rings. The van der Waals surface area contributed by atoms with Crippen molar-refractivity contribution in [3.05, 3.63) is 83.6 Å². The van der Waals surface area contributed by atoms with Gasteiger partial charge in [-0.15, -0.1) is 0 Å². The Balaban J connectivity index is 2.36. The zero-order chi connectivity index (χ0) is 12.8. The third kappa shape index (κ3) is 2.66. The number of hydrogen-bond acceptors (Lipinski definition) is 2. The van der Waals surface area contributed by atoms with Crippen LogP contribution in [-0.2, 0) is 6.42 Å². The first-order chi connectivity index (χ1) is 8.83. The molecule has 0 saturated carbocycles. The van der Waals surface area contributed by atoms with Gasteiger partial charge < -0.3 is 5.73 Å². The molecule has 90 valence electrons. The van der Waals surface area contributed by atoms with E-state index >= 15 is 0 Å². The van der Waals surface area contributed by atoms with Crippen LogP contribution in [0.3, 0.4) is 0 Å². The minimum atomic E-state index is 0.0524. The Morgan fingerprint density at radius 2 is 1.67 bits per heavy atom. The maximum atomic E-state index is 12.4. The lowest BCUT2D eigenvalue weighted by atomic mass is 9.97. The van der Waals surface area contributed by atoms with Crippen LogP contribution < -0.4 is 5.73 Å². The first-order valence-corrected chi connectivity index (χ1v) is 5.87. The van der Waals surface area contributed by atoms with Crippen molar-refractivity contribution in [1.29, 1.82) is 0 Å². The third-order valence-electron chi connectivity index (χ3n) is 2.77. The molecular formula is C16H15NO. The van der Waals surface area contributed by atoms with E-state index in [2.05, 4.69) is 0 Å². The SMILES string of the molecule is NC=CCc1ccccc1C(=O)c1ccccc1. The van der Waals surface area contributed by atoms with Crippen molar-refractivity contribution in [2.75, 3.05) is 0 Å². The summed E-state index contributed by atoms with van der Waals surface area (Å²) in [5.41, 5.74) is 7.79. The van der Waals surface area contributed by atoms with Gasteiger partial charge >= 0.3 is 0 Å². The average Bonchev–Trinajstić information content (AvgIpc) is 2.45. The highest BCUT2D eigenvalue weighted by Crippen LogP contribution is 2.15. The first kappa shape index (κ1) is 12.1. The summed E-state index contributed by atoms with van der Waals surface area (Å²) in [4.78, 5) is 12.4. The minimum absolute atomic E-state index is 0.0524. The number of benzene rings is 2. The van der Waals surface area contributed by atoms with Crippen LogP contribution >= 0.6 is 0 Å². The van der Waals surface area contributed by atoms with E-state index in [1.54, 1.807) is 0 Å². The van der Waals surface area contributed by atoms with Gasteiger partial charge in [0.15, 0.2) is 5.78 Å². The number of hydrogen-bond donors (Lipinski definition) is 1. The number of carbonyl (C=O) groups excluding carboxylic acids is 1. The standard InChI is InChI=1S/C16H15NO/c17-12-6-10-13-7-4-5-11-15(13)16(18)14-8-2-1-3-9-14/h1-9,11-12H,10,17H2. The molecule has 0 radical (unpaired) electrons. The minimum Gasteiger partial charge on any atom is -0.405 e. The number of carbonyl (C=O) groups is 1. The molecule has 0 aliphatic carbocycles. The fourth-order valence-corrected chi connectivity index (χ4v) is 1.86. The zero-order valence-electron chi connectivity index (χ0n) is 10.0. The molecule has 0 amide bonds. The van der Waals surface area contributed by atoms with Crippen molar-refractivity contribution in [2.45, 2.75) is 6.42 Å². The third-order valence-corrected chi connectivity index (χ3v) is 2.77. The monoisotopic (exact) mass is 237 g/mol. The average molecular weight is 237 g/mol. The summed E-state index contributed by atoms with van der Waals surface area (Å²) in [5.74, 6) is 0.0524. The Morgan fingerprint density at radius 3 is 2.39 bits per heavy atom. The molecule has 0 saturated heterocycles. The van der Waals surface area contributed by atoms with Gasteiger partial charge in [0, 0.05) is 11.1 Å². The van der Waals surface area contributed by atoms with Gasteiger partial charge in [0.2, 0.25) is 0 Å². The van der Waals surface area contributed by atoms with Crippen molar-refractivity contribution in [3.63, 3.8) is 0 Å². The molecule has 0 aliphatic rings. The molecule has 2 aromatic carbocycles. The molecule has 0 aromatic heterocycles. The summed E-state index contributed by atoms with van der Waals surface area (Å²) in [6.07, 6.45) is 4.02. The van der Waals surface area contributed by atoms with Gasteiger partial charge in [-0.1, -0.05) is 60.7 Å².